The Morgan fingerprint density at radius 1 is 1.21 bits per heavy atom. The zero-order chi connectivity index (χ0) is 21.0. The molecule has 1 aromatic carbocycles. The lowest BCUT2D eigenvalue weighted by Crippen LogP contribution is -2.40. The van der Waals surface area contributed by atoms with Gasteiger partial charge in [-0.2, -0.15) is 4.31 Å². The number of carbonyl (C=O) groups excluding carboxylic acids is 1. The summed E-state index contributed by atoms with van der Waals surface area (Å²) in [4.78, 5) is 18.5. The topological polar surface area (TPSA) is 79.8 Å². The van der Waals surface area contributed by atoms with E-state index in [2.05, 4.69) is 4.98 Å². The molecule has 29 heavy (non-hydrogen) atoms. The number of nitrogens with zero attached hydrogens (tertiary/aromatic N) is 3. The van der Waals surface area contributed by atoms with Crippen molar-refractivity contribution in [1.82, 2.24) is 14.2 Å². The first kappa shape index (κ1) is 22.0. The van der Waals surface area contributed by atoms with E-state index in [-0.39, 0.29) is 39.5 Å². The number of hydrogen-bond donors (Lipinski definition) is 0. The average Bonchev–Trinajstić information content (AvgIpc) is 2.73. The lowest BCUT2D eigenvalue weighted by atomic mass is 10.2. The SMILES string of the molecule is CN(CCc1ccccn1)C(=O)c1cc(S(=O)(=O)N2CCOCC2)c(Cl)cc1Cl. The molecule has 0 aliphatic carbocycles. The second-order valence-corrected chi connectivity index (χ2v) is 9.30. The Hall–Kier alpha value is -1.71. The van der Waals surface area contributed by atoms with E-state index >= 15 is 0 Å². The third kappa shape index (κ3) is 5.07. The van der Waals surface area contributed by atoms with Crippen molar-refractivity contribution >= 4 is 39.1 Å². The minimum atomic E-state index is -3.86. The molecule has 1 aromatic heterocycles. The number of pyridine rings is 1. The second kappa shape index (κ2) is 9.40. The number of amides is 1. The van der Waals surface area contributed by atoms with Gasteiger partial charge in [0.2, 0.25) is 10.0 Å². The fourth-order valence-electron chi connectivity index (χ4n) is 2.95. The normalized spacial score (nSPS) is 15.3. The molecule has 1 aliphatic heterocycles. The summed E-state index contributed by atoms with van der Waals surface area (Å²) in [7, 11) is -2.23. The monoisotopic (exact) mass is 457 g/mol. The molecule has 156 valence electrons. The number of halogens is 2. The van der Waals surface area contributed by atoms with Crippen LogP contribution < -0.4 is 0 Å². The molecule has 0 atom stereocenters. The highest BCUT2D eigenvalue weighted by molar-refractivity contribution is 7.89. The van der Waals surface area contributed by atoms with Crippen molar-refractivity contribution < 1.29 is 17.9 Å². The molecule has 0 unspecified atom stereocenters. The number of aromatic nitrogens is 1. The van der Waals surface area contributed by atoms with Crippen LogP contribution in [0.15, 0.2) is 41.4 Å². The summed E-state index contributed by atoms with van der Waals surface area (Å²) in [6.45, 7) is 1.49. The van der Waals surface area contributed by atoms with Crippen molar-refractivity contribution in [1.29, 1.82) is 0 Å². The number of rotatable bonds is 6. The maximum Gasteiger partial charge on any atom is 0.255 e. The van der Waals surface area contributed by atoms with Gasteiger partial charge in [0, 0.05) is 45.0 Å². The molecule has 1 amide bonds. The van der Waals surface area contributed by atoms with Crippen LogP contribution in [-0.4, -0.2) is 68.4 Å². The van der Waals surface area contributed by atoms with E-state index in [9.17, 15) is 13.2 Å². The second-order valence-electron chi connectivity index (χ2n) is 6.58. The fraction of sp³-hybridized carbons (Fsp3) is 0.368. The predicted molar refractivity (Wildman–Crippen MR) is 111 cm³/mol. The number of benzene rings is 1. The van der Waals surface area contributed by atoms with Gasteiger partial charge in [-0.15, -0.1) is 0 Å². The van der Waals surface area contributed by atoms with Crippen LogP contribution >= 0.6 is 23.2 Å². The maximum absolute atomic E-state index is 13.0. The van der Waals surface area contributed by atoms with Crippen molar-refractivity contribution in [3.8, 4) is 0 Å². The van der Waals surface area contributed by atoms with Gasteiger partial charge in [0.25, 0.3) is 5.91 Å². The fourth-order valence-corrected chi connectivity index (χ4v) is 5.19. The van der Waals surface area contributed by atoms with Gasteiger partial charge in [0.05, 0.1) is 28.8 Å². The summed E-state index contributed by atoms with van der Waals surface area (Å²) >= 11 is 12.4. The third-order valence-corrected chi connectivity index (χ3v) is 7.29. The first-order valence-electron chi connectivity index (χ1n) is 9.03. The zero-order valence-electron chi connectivity index (χ0n) is 15.8. The Bertz CT molecular complexity index is 980. The van der Waals surface area contributed by atoms with Crippen molar-refractivity contribution in [3.05, 3.63) is 57.8 Å². The highest BCUT2D eigenvalue weighted by Gasteiger charge is 2.30. The Morgan fingerprint density at radius 3 is 2.59 bits per heavy atom. The smallest absolute Gasteiger partial charge is 0.255 e. The predicted octanol–water partition coefficient (Wildman–Crippen LogP) is 2.72. The van der Waals surface area contributed by atoms with Gasteiger partial charge in [0.1, 0.15) is 4.90 Å². The molecule has 2 heterocycles. The summed E-state index contributed by atoms with van der Waals surface area (Å²) in [6, 6.07) is 8.14. The van der Waals surface area contributed by atoms with Gasteiger partial charge in [0.15, 0.2) is 0 Å². The van der Waals surface area contributed by atoms with Gasteiger partial charge < -0.3 is 9.64 Å². The van der Waals surface area contributed by atoms with E-state index in [0.29, 0.717) is 26.2 Å². The number of ether oxygens (including phenoxy) is 1. The lowest BCUT2D eigenvalue weighted by molar-refractivity contribution is 0.0730. The van der Waals surface area contributed by atoms with Crippen molar-refractivity contribution in [3.63, 3.8) is 0 Å². The molecule has 0 N–H and O–H groups in total. The van der Waals surface area contributed by atoms with Gasteiger partial charge >= 0.3 is 0 Å². The third-order valence-electron chi connectivity index (χ3n) is 4.62. The number of morpholine rings is 1. The molecular weight excluding hydrogens is 437 g/mol. The number of likely N-dealkylation sites (N-methyl/N-ethyl adjacent to an activating group) is 1. The maximum atomic E-state index is 13.0. The largest absolute Gasteiger partial charge is 0.379 e. The van der Waals surface area contributed by atoms with Crippen LogP contribution in [0.3, 0.4) is 0 Å². The molecule has 1 fully saturated rings. The molecule has 3 rings (SSSR count). The molecular formula is C19H21Cl2N3O4S. The molecule has 2 aromatic rings. The summed E-state index contributed by atoms with van der Waals surface area (Å²) < 4.78 is 32.5. The summed E-state index contributed by atoms with van der Waals surface area (Å²) in [6.07, 6.45) is 2.25. The van der Waals surface area contributed by atoms with E-state index in [0.717, 1.165) is 5.69 Å². The summed E-state index contributed by atoms with van der Waals surface area (Å²) in [5, 5.41) is 0.0831. The molecule has 10 heteroatoms. The molecule has 7 nitrogen and oxygen atoms in total. The number of sulfonamides is 1. The Balaban J connectivity index is 1.83. The Morgan fingerprint density at radius 2 is 1.93 bits per heavy atom. The van der Waals surface area contributed by atoms with Gasteiger partial charge in [-0.3, -0.25) is 9.78 Å². The van der Waals surface area contributed by atoms with E-state index in [4.69, 9.17) is 27.9 Å². The van der Waals surface area contributed by atoms with E-state index < -0.39 is 10.0 Å². The van der Waals surface area contributed by atoms with Gasteiger partial charge in [-0.25, -0.2) is 8.42 Å². The van der Waals surface area contributed by atoms with Crippen LogP contribution in [0, 0.1) is 0 Å². The Kier molecular flexibility index (Phi) is 7.13. The van der Waals surface area contributed by atoms with Crippen LogP contribution in [0.1, 0.15) is 16.1 Å². The summed E-state index contributed by atoms with van der Waals surface area (Å²) in [5.74, 6) is -0.388. The molecule has 1 saturated heterocycles. The zero-order valence-corrected chi connectivity index (χ0v) is 18.2. The minimum absolute atomic E-state index is 0.0193. The molecule has 0 radical (unpaired) electrons. The standard InChI is InChI=1S/C19H21Cl2N3O4S/c1-23(7-5-14-4-2-3-6-22-14)19(25)15-12-18(17(21)13-16(15)20)29(26,27)24-8-10-28-11-9-24/h2-4,6,12-13H,5,7-11H2,1H3. The van der Waals surface area contributed by atoms with Crippen molar-refractivity contribution in [2.75, 3.05) is 39.9 Å². The first-order valence-corrected chi connectivity index (χ1v) is 11.2. The first-order chi connectivity index (χ1) is 13.8. The lowest BCUT2D eigenvalue weighted by Gasteiger charge is -2.27. The molecule has 0 bridgehead atoms. The Labute approximate surface area is 180 Å². The van der Waals surface area contributed by atoms with Crippen LogP contribution in [0.5, 0.6) is 0 Å². The number of carbonyl (C=O) groups is 1. The molecule has 0 saturated carbocycles. The molecule has 1 aliphatic rings. The minimum Gasteiger partial charge on any atom is -0.379 e. The van der Waals surface area contributed by atoms with Crippen molar-refractivity contribution in [2.24, 2.45) is 0 Å². The number of hydrogen-bond acceptors (Lipinski definition) is 5. The highest BCUT2D eigenvalue weighted by atomic mass is 35.5. The van der Waals surface area contributed by atoms with Gasteiger partial charge in [-0.1, -0.05) is 29.3 Å². The van der Waals surface area contributed by atoms with Crippen LogP contribution in [0.25, 0.3) is 0 Å². The summed E-state index contributed by atoms with van der Waals surface area (Å²) in [5.41, 5.74) is 0.941. The quantitative estimate of drug-likeness (QED) is 0.665. The average molecular weight is 458 g/mol. The van der Waals surface area contributed by atoms with E-state index in [1.165, 1.54) is 21.3 Å². The van der Waals surface area contributed by atoms with Crippen LogP contribution in [0.4, 0.5) is 0 Å². The van der Waals surface area contributed by atoms with E-state index in [1.807, 2.05) is 18.2 Å². The van der Waals surface area contributed by atoms with Crippen LogP contribution in [-0.2, 0) is 21.2 Å². The van der Waals surface area contributed by atoms with Crippen LogP contribution in [0.2, 0.25) is 10.0 Å². The van der Waals surface area contributed by atoms with Gasteiger partial charge in [-0.05, 0) is 24.3 Å². The highest BCUT2D eigenvalue weighted by Crippen LogP contribution is 2.31. The molecule has 0 spiro atoms. The van der Waals surface area contributed by atoms with Crippen molar-refractivity contribution in [2.45, 2.75) is 11.3 Å². The van der Waals surface area contributed by atoms with E-state index in [1.54, 1.807) is 13.2 Å².